The van der Waals surface area contributed by atoms with Gasteiger partial charge in [-0.25, -0.2) is 9.97 Å². The van der Waals surface area contributed by atoms with Gasteiger partial charge in [-0.3, -0.25) is 4.79 Å². The first kappa shape index (κ1) is 13.2. The van der Waals surface area contributed by atoms with Crippen molar-refractivity contribution in [2.45, 2.75) is 0 Å². The lowest BCUT2D eigenvalue weighted by Crippen LogP contribution is -2.47. The molecule has 0 atom stereocenters. The Bertz CT molecular complexity index is 674. The average molecular weight is 287 g/mol. The number of pyridine rings is 1. The summed E-state index contributed by atoms with van der Waals surface area (Å²) in [4.78, 5) is 26.7. The normalized spacial score (nSPS) is 15.2. The molecule has 0 aromatic carbocycles. The third-order valence-electron chi connectivity index (χ3n) is 3.54. The van der Waals surface area contributed by atoms with Crippen molar-refractivity contribution in [1.82, 2.24) is 15.0 Å². The summed E-state index contributed by atoms with van der Waals surface area (Å²) >= 11 is 0. The molecule has 1 aliphatic rings. The van der Waals surface area contributed by atoms with Gasteiger partial charge in [-0.1, -0.05) is 0 Å². The number of aromatic nitrogens is 3. The Morgan fingerprint density at radius 3 is 2.43 bits per heavy atom. The zero-order chi connectivity index (χ0) is 14.8. The maximum atomic E-state index is 11.5. The van der Waals surface area contributed by atoms with Crippen molar-refractivity contribution in [2.24, 2.45) is 0 Å². The number of nitrogens with one attached hydrogen (secondary N) is 1. The van der Waals surface area contributed by atoms with Gasteiger partial charge in [-0.15, -0.1) is 0 Å². The third-order valence-corrected chi connectivity index (χ3v) is 3.54. The number of nitrogens with zero attached hydrogens (tertiary/aromatic N) is 4. The second kappa shape index (κ2) is 5.31. The van der Waals surface area contributed by atoms with E-state index in [1.54, 1.807) is 6.20 Å². The first-order valence-electron chi connectivity index (χ1n) is 6.70. The molecule has 8 nitrogen and oxygen atoms in total. The van der Waals surface area contributed by atoms with Crippen LogP contribution in [0.15, 0.2) is 29.5 Å². The molecule has 0 radical (unpaired) electrons. The molecular formula is C13H17N7O. The van der Waals surface area contributed by atoms with E-state index in [4.69, 9.17) is 11.5 Å². The highest BCUT2D eigenvalue weighted by Gasteiger charge is 2.21. The van der Waals surface area contributed by atoms with Crippen LogP contribution in [0.3, 0.4) is 0 Å². The molecule has 2 aromatic heterocycles. The largest absolute Gasteiger partial charge is 0.397 e. The lowest BCUT2D eigenvalue weighted by molar-refractivity contribution is 0.641. The van der Waals surface area contributed by atoms with Crippen molar-refractivity contribution in [2.75, 3.05) is 47.4 Å². The number of nitrogens with two attached hydrogens (primary N) is 2. The average Bonchev–Trinajstić information content (AvgIpc) is 2.51. The van der Waals surface area contributed by atoms with E-state index in [1.807, 2.05) is 17.0 Å². The van der Waals surface area contributed by atoms with Crippen molar-refractivity contribution in [3.8, 4) is 0 Å². The summed E-state index contributed by atoms with van der Waals surface area (Å²) in [6, 6.07) is 3.75. The number of rotatable bonds is 2. The zero-order valence-electron chi connectivity index (χ0n) is 11.5. The van der Waals surface area contributed by atoms with Crippen LogP contribution in [0.2, 0.25) is 0 Å². The molecule has 0 amide bonds. The van der Waals surface area contributed by atoms with E-state index in [0.717, 1.165) is 32.0 Å². The van der Waals surface area contributed by atoms with Crippen LogP contribution in [0.25, 0.3) is 0 Å². The number of piperazine rings is 1. The second-order valence-electron chi connectivity index (χ2n) is 4.89. The van der Waals surface area contributed by atoms with Gasteiger partial charge in [-0.05, 0) is 12.1 Å². The van der Waals surface area contributed by atoms with Crippen LogP contribution in [0.4, 0.5) is 23.0 Å². The third kappa shape index (κ3) is 2.60. The molecule has 1 aliphatic heterocycles. The summed E-state index contributed by atoms with van der Waals surface area (Å²) in [7, 11) is 0. The second-order valence-corrected chi connectivity index (χ2v) is 4.89. The monoisotopic (exact) mass is 287 g/mol. The van der Waals surface area contributed by atoms with Crippen LogP contribution < -0.4 is 26.8 Å². The van der Waals surface area contributed by atoms with Crippen molar-refractivity contribution in [1.29, 1.82) is 0 Å². The maximum Gasteiger partial charge on any atom is 0.276 e. The van der Waals surface area contributed by atoms with Crippen molar-refractivity contribution < 1.29 is 0 Å². The lowest BCUT2D eigenvalue weighted by atomic mass is 10.3. The van der Waals surface area contributed by atoms with E-state index in [-0.39, 0.29) is 11.2 Å². The van der Waals surface area contributed by atoms with Crippen molar-refractivity contribution in [3.63, 3.8) is 0 Å². The van der Waals surface area contributed by atoms with E-state index in [1.165, 1.54) is 6.33 Å². The highest BCUT2D eigenvalue weighted by Crippen LogP contribution is 2.20. The fourth-order valence-electron chi connectivity index (χ4n) is 2.38. The van der Waals surface area contributed by atoms with Crippen LogP contribution in [0, 0.1) is 0 Å². The number of aromatic amines is 1. The van der Waals surface area contributed by atoms with Gasteiger partial charge < -0.3 is 26.3 Å². The highest BCUT2D eigenvalue weighted by molar-refractivity contribution is 5.61. The van der Waals surface area contributed by atoms with E-state index in [0.29, 0.717) is 11.5 Å². The summed E-state index contributed by atoms with van der Waals surface area (Å²) < 4.78 is 0. The molecule has 0 spiro atoms. The molecule has 0 bridgehead atoms. The first-order chi connectivity index (χ1) is 10.1. The zero-order valence-corrected chi connectivity index (χ0v) is 11.5. The Kier molecular flexibility index (Phi) is 3.35. The topological polar surface area (TPSA) is 117 Å². The van der Waals surface area contributed by atoms with Crippen LogP contribution in [0.1, 0.15) is 0 Å². The number of H-pyrrole nitrogens is 1. The molecular weight excluding hydrogens is 270 g/mol. The molecule has 1 fully saturated rings. The lowest BCUT2D eigenvalue weighted by Gasteiger charge is -2.36. The molecule has 8 heteroatoms. The summed E-state index contributed by atoms with van der Waals surface area (Å²) in [6.45, 7) is 3.02. The van der Waals surface area contributed by atoms with Crippen LogP contribution in [-0.4, -0.2) is 41.1 Å². The van der Waals surface area contributed by atoms with Gasteiger partial charge in [0, 0.05) is 26.2 Å². The van der Waals surface area contributed by atoms with Gasteiger partial charge in [0.15, 0.2) is 5.82 Å². The Labute approximate surface area is 121 Å². The standard InChI is InChI=1S/C13H17N7O/c14-9-1-2-10(16-7-9)19-3-5-20(6-4-19)12-11(15)13(21)18-8-17-12/h1-2,7-8H,3-6,14-15H2,(H,17,18,21). The fourth-order valence-corrected chi connectivity index (χ4v) is 2.38. The molecule has 0 unspecified atom stereocenters. The Morgan fingerprint density at radius 2 is 1.76 bits per heavy atom. The smallest absolute Gasteiger partial charge is 0.276 e. The Morgan fingerprint density at radius 1 is 1.05 bits per heavy atom. The Balaban J connectivity index is 1.71. The number of nitrogen functional groups attached to an aromatic ring is 2. The molecule has 1 saturated heterocycles. The minimum Gasteiger partial charge on any atom is -0.397 e. The highest BCUT2D eigenvalue weighted by atomic mass is 16.1. The van der Waals surface area contributed by atoms with Gasteiger partial charge in [0.25, 0.3) is 5.56 Å². The first-order valence-corrected chi connectivity index (χ1v) is 6.70. The number of anilines is 4. The molecule has 21 heavy (non-hydrogen) atoms. The van der Waals surface area contributed by atoms with Gasteiger partial charge in [-0.2, -0.15) is 0 Å². The quantitative estimate of drug-likeness (QED) is 0.691. The summed E-state index contributed by atoms with van der Waals surface area (Å²) in [5.41, 5.74) is 11.9. The SMILES string of the molecule is Nc1ccc(N2CCN(c3nc[nH]c(=O)c3N)CC2)nc1. The van der Waals surface area contributed by atoms with Crippen molar-refractivity contribution >= 4 is 23.0 Å². The number of hydrogen-bond acceptors (Lipinski definition) is 7. The van der Waals surface area contributed by atoms with Gasteiger partial charge in [0.2, 0.25) is 0 Å². The molecule has 110 valence electrons. The van der Waals surface area contributed by atoms with E-state index < -0.39 is 0 Å². The maximum absolute atomic E-state index is 11.5. The molecule has 0 saturated carbocycles. The van der Waals surface area contributed by atoms with Crippen molar-refractivity contribution in [3.05, 3.63) is 35.0 Å². The molecule has 0 aliphatic carbocycles. The van der Waals surface area contributed by atoms with Crippen LogP contribution >= 0.6 is 0 Å². The van der Waals surface area contributed by atoms with Gasteiger partial charge in [0.1, 0.15) is 11.5 Å². The molecule has 3 rings (SSSR count). The molecule has 3 heterocycles. The van der Waals surface area contributed by atoms with Gasteiger partial charge in [0.05, 0.1) is 18.2 Å². The van der Waals surface area contributed by atoms with E-state index >= 15 is 0 Å². The number of hydrogen-bond donors (Lipinski definition) is 3. The van der Waals surface area contributed by atoms with E-state index in [2.05, 4.69) is 19.9 Å². The van der Waals surface area contributed by atoms with Crippen LogP contribution in [-0.2, 0) is 0 Å². The summed E-state index contributed by atoms with van der Waals surface area (Å²) in [5.74, 6) is 1.44. The van der Waals surface area contributed by atoms with E-state index in [9.17, 15) is 4.79 Å². The Hall–Kier alpha value is -2.77. The molecule has 5 N–H and O–H groups in total. The fraction of sp³-hybridized carbons (Fsp3) is 0.308. The van der Waals surface area contributed by atoms with Crippen LogP contribution in [0.5, 0.6) is 0 Å². The summed E-state index contributed by atoms with van der Waals surface area (Å²) in [6.07, 6.45) is 3.03. The summed E-state index contributed by atoms with van der Waals surface area (Å²) in [5, 5.41) is 0. The minimum atomic E-state index is -0.303. The molecule has 2 aromatic rings. The van der Waals surface area contributed by atoms with Gasteiger partial charge >= 0.3 is 0 Å². The predicted molar refractivity (Wildman–Crippen MR) is 82.3 cm³/mol. The predicted octanol–water partition coefficient (Wildman–Crippen LogP) is -0.344. The minimum absolute atomic E-state index is 0.163.